The summed E-state index contributed by atoms with van der Waals surface area (Å²) in [6, 6.07) is 2.30. The number of hydrogen-bond acceptors (Lipinski definition) is 7. The Morgan fingerprint density at radius 2 is 2.04 bits per heavy atom. The van der Waals surface area contributed by atoms with Gasteiger partial charge in [0, 0.05) is 25.1 Å². The van der Waals surface area contributed by atoms with Crippen molar-refractivity contribution in [3.8, 4) is 5.88 Å². The Balaban J connectivity index is 1.42. The third-order valence-corrected chi connectivity index (χ3v) is 5.20. The van der Waals surface area contributed by atoms with Crippen molar-refractivity contribution in [1.29, 1.82) is 0 Å². The smallest absolute Gasteiger partial charge is 0.324 e. The molecule has 2 aromatic rings. The number of nitrogens with zero attached hydrogens (tertiary/aromatic N) is 5. The molecular weight excluding hydrogens is 354 g/mol. The predicted octanol–water partition coefficient (Wildman–Crippen LogP) is 3.96. The van der Waals surface area contributed by atoms with Crippen molar-refractivity contribution in [2.75, 3.05) is 24.6 Å². The van der Waals surface area contributed by atoms with E-state index in [0.29, 0.717) is 35.5 Å². The summed E-state index contributed by atoms with van der Waals surface area (Å²) in [5.74, 6) is 2.86. The van der Waals surface area contributed by atoms with Gasteiger partial charge in [0.25, 0.3) is 0 Å². The Hall–Kier alpha value is -1.89. The molecule has 3 heterocycles. The van der Waals surface area contributed by atoms with Crippen LogP contribution in [-0.4, -0.2) is 39.8 Å². The molecule has 0 bridgehead atoms. The van der Waals surface area contributed by atoms with Crippen LogP contribution in [0.15, 0.2) is 16.9 Å². The van der Waals surface area contributed by atoms with E-state index in [2.05, 4.69) is 45.8 Å². The van der Waals surface area contributed by atoms with Crippen molar-refractivity contribution in [3.63, 3.8) is 0 Å². The Morgan fingerprint density at radius 1 is 1.27 bits per heavy atom. The largest absolute Gasteiger partial charge is 0.478 e. The molecule has 7 nitrogen and oxygen atoms in total. The van der Waals surface area contributed by atoms with Gasteiger partial charge >= 0.3 is 6.01 Å². The minimum absolute atomic E-state index is 0.287. The number of piperidine rings is 1. The lowest BCUT2D eigenvalue weighted by atomic mass is 9.84. The quantitative estimate of drug-likeness (QED) is 0.674. The van der Waals surface area contributed by atoms with Crippen molar-refractivity contribution >= 4 is 17.6 Å². The average molecular weight is 380 g/mol. The normalized spacial score (nSPS) is 16.9. The fraction of sp³-hybridized carbons (Fsp3) is 0.667. The van der Waals surface area contributed by atoms with Crippen LogP contribution in [0.25, 0.3) is 0 Å². The maximum Gasteiger partial charge on any atom is 0.324 e. The average Bonchev–Trinajstić information content (AvgIpc) is 3.12. The second kappa shape index (κ2) is 8.66. The lowest BCUT2D eigenvalue weighted by Gasteiger charge is -2.33. The highest BCUT2D eigenvalue weighted by Gasteiger charge is 2.26. The summed E-state index contributed by atoms with van der Waals surface area (Å²) in [7, 11) is 0. The molecule has 1 aliphatic heterocycles. The topological polar surface area (TPSA) is 77.2 Å². The first-order chi connectivity index (χ1) is 12.5. The van der Waals surface area contributed by atoms with Crippen molar-refractivity contribution in [2.24, 2.45) is 11.8 Å². The molecule has 0 radical (unpaired) electrons. The van der Waals surface area contributed by atoms with E-state index >= 15 is 0 Å². The van der Waals surface area contributed by atoms with Crippen LogP contribution in [0.1, 0.15) is 51.8 Å². The third-order valence-electron chi connectivity index (χ3n) is 4.99. The zero-order valence-corrected chi connectivity index (χ0v) is 16.3. The van der Waals surface area contributed by atoms with Gasteiger partial charge in [-0.15, -0.1) is 0 Å². The molecule has 8 heteroatoms. The fourth-order valence-electron chi connectivity index (χ4n) is 3.23. The van der Waals surface area contributed by atoms with Crippen molar-refractivity contribution in [2.45, 2.75) is 46.0 Å². The molecule has 1 saturated heterocycles. The Kier molecular flexibility index (Phi) is 6.29. The van der Waals surface area contributed by atoms with E-state index in [9.17, 15) is 0 Å². The molecule has 1 aliphatic rings. The number of halogens is 1. The van der Waals surface area contributed by atoms with Gasteiger partial charge in [-0.1, -0.05) is 37.5 Å². The molecule has 0 N–H and O–H groups in total. The lowest BCUT2D eigenvalue weighted by Crippen LogP contribution is -2.36. The van der Waals surface area contributed by atoms with Gasteiger partial charge in [-0.2, -0.15) is 4.98 Å². The van der Waals surface area contributed by atoms with E-state index < -0.39 is 0 Å². The van der Waals surface area contributed by atoms with Crippen LogP contribution in [0, 0.1) is 11.8 Å². The van der Waals surface area contributed by atoms with E-state index in [1.807, 2.05) is 0 Å². The number of rotatable bonds is 7. The van der Waals surface area contributed by atoms with Gasteiger partial charge in [-0.3, -0.25) is 0 Å². The summed E-state index contributed by atoms with van der Waals surface area (Å²) in [6.45, 7) is 8.98. The first-order valence-electron chi connectivity index (χ1n) is 9.22. The lowest BCUT2D eigenvalue weighted by molar-refractivity contribution is 0.216. The molecule has 0 unspecified atom stereocenters. The molecule has 0 aliphatic carbocycles. The SMILES string of the molecule is CC(C)c1noc(N2CCC([C@H](C)CCOc3cc(Cl)ncn3)CC2)n1. The molecule has 1 atom stereocenters. The number of anilines is 1. The first-order valence-corrected chi connectivity index (χ1v) is 9.59. The molecule has 26 heavy (non-hydrogen) atoms. The van der Waals surface area contributed by atoms with Crippen LogP contribution in [0.4, 0.5) is 6.01 Å². The molecule has 1 fully saturated rings. The van der Waals surface area contributed by atoms with Crippen molar-refractivity contribution in [1.82, 2.24) is 20.1 Å². The highest BCUT2D eigenvalue weighted by molar-refractivity contribution is 6.29. The minimum Gasteiger partial charge on any atom is -0.478 e. The van der Waals surface area contributed by atoms with E-state index in [0.717, 1.165) is 38.2 Å². The number of aromatic nitrogens is 4. The van der Waals surface area contributed by atoms with Gasteiger partial charge < -0.3 is 14.2 Å². The van der Waals surface area contributed by atoms with Crippen LogP contribution in [0.2, 0.25) is 5.15 Å². The minimum atomic E-state index is 0.287. The Bertz CT molecular complexity index is 700. The highest BCUT2D eigenvalue weighted by atomic mass is 35.5. The standard InChI is InChI=1S/C18H26ClN5O2/c1-12(2)17-22-18(26-23-17)24-7-4-14(5-8-24)13(3)6-9-25-16-10-15(19)20-11-21-16/h10-14H,4-9H2,1-3H3/t13-/m1/s1. The molecule has 2 aromatic heterocycles. The Labute approximate surface area is 159 Å². The van der Waals surface area contributed by atoms with Gasteiger partial charge in [-0.25, -0.2) is 9.97 Å². The van der Waals surface area contributed by atoms with Gasteiger partial charge in [0.1, 0.15) is 11.5 Å². The predicted molar refractivity (Wildman–Crippen MR) is 99.6 cm³/mol. The maximum atomic E-state index is 5.84. The third kappa shape index (κ3) is 4.84. The second-order valence-electron chi connectivity index (χ2n) is 7.21. The number of ether oxygens (including phenoxy) is 1. The first kappa shape index (κ1) is 18.9. The van der Waals surface area contributed by atoms with Crippen LogP contribution in [-0.2, 0) is 0 Å². The summed E-state index contributed by atoms with van der Waals surface area (Å²) in [6.07, 6.45) is 4.66. The molecule has 142 valence electrons. The summed E-state index contributed by atoms with van der Waals surface area (Å²) in [5.41, 5.74) is 0. The van der Waals surface area contributed by atoms with Crippen LogP contribution in [0.5, 0.6) is 5.88 Å². The van der Waals surface area contributed by atoms with Gasteiger partial charge in [-0.05, 0) is 31.1 Å². The zero-order valence-electron chi connectivity index (χ0n) is 15.6. The number of hydrogen-bond donors (Lipinski definition) is 0. The van der Waals surface area contributed by atoms with Crippen molar-refractivity contribution < 1.29 is 9.26 Å². The second-order valence-corrected chi connectivity index (χ2v) is 7.59. The molecule has 0 aromatic carbocycles. The Morgan fingerprint density at radius 3 is 2.69 bits per heavy atom. The van der Waals surface area contributed by atoms with Crippen molar-refractivity contribution in [3.05, 3.63) is 23.4 Å². The van der Waals surface area contributed by atoms with E-state index in [1.54, 1.807) is 6.07 Å². The maximum absolute atomic E-state index is 5.84. The molecule has 3 rings (SSSR count). The highest BCUT2D eigenvalue weighted by Crippen LogP contribution is 2.29. The summed E-state index contributed by atoms with van der Waals surface area (Å²) in [4.78, 5) is 14.6. The van der Waals surface area contributed by atoms with Crippen LogP contribution < -0.4 is 9.64 Å². The van der Waals surface area contributed by atoms with Gasteiger partial charge in [0.05, 0.1) is 6.61 Å². The van der Waals surface area contributed by atoms with E-state index in [1.165, 1.54) is 6.33 Å². The molecule has 0 amide bonds. The zero-order chi connectivity index (χ0) is 18.5. The van der Waals surface area contributed by atoms with E-state index in [4.69, 9.17) is 20.9 Å². The van der Waals surface area contributed by atoms with Crippen LogP contribution in [0.3, 0.4) is 0 Å². The molecule has 0 spiro atoms. The monoisotopic (exact) mass is 379 g/mol. The summed E-state index contributed by atoms with van der Waals surface area (Å²) in [5, 5.41) is 4.46. The fourth-order valence-corrected chi connectivity index (χ4v) is 3.37. The van der Waals surface area contributed by atoms with Gasteiger partial charge in [0.2, 0.25) is 5.88 Å². The molecule has 0 saturated carbocycles. The summed E-state index contributed by atoms with van der Waals surface area (Å²) >= 11 is 5.84. The molecular formula is C18H26ClN5O2. The van der Waals surface area contributed by atoms with Crippen LogP contribution >= 0.6 is 11.6 Å². The van der Waals surface area contributed by atoms with Gasteiger partial charge in [0.15, 0.2) is 5.82 Å². The summed E-state index contributed by atoms with van der Waals surface area (Å²) < 4.78 is 11.1. The van der Waals surface area contributed by atoms with E-state index in [-0.39, 0.29) is 5.92 Å².